The minimum atomic E-state index is -0.795. The van der Waals surface area contributed by atoms with E-state index in [-0.39, 0.29) is 24.5 Å². The summed E-state index contributed by atoms with van der Waals surface area (Å²) in [5.41, 5.74) is -0.264. The Bertz CT molecular complexity index is 849. The van der Waals surface area contributed by atoms with Crippen molar-refractivity contribution < 1.29 is 14.2 Å². The third kappa shape index (κ3) is 3.82. The minimum absolute atomic E-state index is 0.0434. The number of aliphatic hydroxyl groups is 1. The molecule has 2 aromatic heterocycles. The average Bonchev–Trinajstić information content (AvgIpc) is 2.97. The predicted molar refractivity (Wildman–Crippen MR) is 83.5 cm³/mol. The standard InChI is InChI=1S/C14H13FN4O3S/c15-9-1-3-11(4-2-9)22-8-10(20)7-17-13-18-19-12(21)5-6-16-14(19)23-13/h1-6,10,20H,7-8H2,(H,17,18). The fraction of sp³-hybridized carbons (Fsp3) is 0.214. The summed E-state index contributed by atoms with van der Waals surface area (Å²) in [5.74, 6) is 0.125. The third-order valence-corrected chi connectivity index (χ3v) is 3.80. The average molecular weight is 336 g/mol. The fourth-order valence-electron chi connectivity index (χ4n) is 1.80. The number of aliphatic hydroxyl groups excluding tert-OH is 1. The molecule has 0 radical (unpaired) electrons. The zero-order valence-electron chi connectivity index (χ0n) is 11.8. The van der Waals surface area contributed by atoms with Gasteiger partial charge in [-0.2, -0.15) is 4.52 Å². The van der Waals surface area contributed by atoms with Crippen LogP contribution in [-0.4, -0.2) is 39.0 Å². The highest BCUT2D eigenvalue weighted by Crippen LogP contribution is 2.16. The van der Waals surface area contributed by atoms with E-state index in [2.05, 4.69) is 15.4 Å². The van der Waals surface area contributed by atoms with Crippen molar-refractivity contribution in [3.05, 3.63) is 52.7 Å². The van der Waals surface area contributed by atoms with E-state index in [0.717, 1.165) is 0 Å². The van der Waals surface area contributed by atoms with Gasteiger partial charge in [0.1, 0.15) is 24.3 Å². The number of nitrogens with one attached hydrogen (secondary N) is 1. The van der Waals surface area contributed by atoms with Crippen LogP contribution in [0.5, 0.6) is 5.75 Å². The molecule has 2 heterocycles. The Morgan fingerprint density at radius 2 is 2.13 bits per heavy atom. The van der Waals surface area contributed by atoms with Gasteiger partial charge >= 0.3 is 0 Å². The molecule has 7 nitrogen and oxygen atoms in total. The van der Waals surface area contributed by atoms with Gasteiger partial charge in [-0.3, -0.25) is 4.79 Å². The molecule has 23 heavy (non-hydrogen) atoms. The molecule has 1 atom stereocenters. The van der Waals surface area contributed by atoms with E-state index >= 15 is 0 Å². The van der Waals surface area contributed by atoms with Crippen molar-refractivity contribution in [2.75, 3.05) is 18.5 Å². The van der Waals surface area contributed by atoms with Gasteiger partial charge in [0.2, 0.25) is 10.1 Å². The van der Waals surface area contributed by atoms with Gasteiger partial charge in [-0.15, -0.1) is 5.10 Å². The summed E-state index contributed by atoms with van der Waals surface area (Å²) in [6.45, 7) is 0.234. The van der Waals surface area contributed by atoms with Gasteiger partial charge in [0.25, 0.3) is 5.56 Å². The van der Waals surface area contributed by atoms with Crippen LogP contribution in [0.2, 0.25) is 0 Å². The quantitative estimate of drug-likeness (QED) is 0.702. The van der Waals surface area contributed by atoms with Crippen LogP contribution < -0.4 is 15.6 Å². The molecule has 0 aliphatic heterocycles. The van der Waals surface area contributed by atoms with Crippen LogP contribution in [0.4, 0.5) is 9.52 Å². The summed E-state index contributed by atoms with van der Waals surface area (Å²) in [4.78, 5) is 16.1. The lowest BCUT2D eigenvalue weighted by Crippen LogP contribution is -2.26. The zero-order valence-corrected chi connectivity index (χ0v) is 12.7. The van der Waals surface area contributed by atoms with E-state index in [4.69, 9.17) is 4.74 Å². The van der Waals surface area contributed by atoms with Gasteiger partial charge < -0.3 is 15.2 Å². The fourth-order valence-corrected chi connectivity index (χ4v) is 2.58. The maximum Gasteiger partial charge on any atom is 0.275 e. The summed E-state index contributed by atoms with van der Waals surface area (Å²) in [7, 11) is 0. The smallest absolute Gasteiger partial charge is 0.275 e. The largest absolute Gasteiger partial charge is 0.491 e. The van der Waals surface area contributed by atoms with Gasteiger partial charge in [-0.1, -0.05) is 11.3 Å². The summed E-state index contributed by atoms with van der Waals surface area (Å²) in [6, 6.07) is 6.86. The van der Waals surface area contributed by atoms with Gasteiger partial charge in [-0.25, -0.2) is 9.37 Å². The Balaban J connectivity index is 1.53. The Hall–Kier alpha value is -2.52. The lowest BCUT2D eigenvalue weighted by molar-refractivity contribution is 0.117. The molecule has 3 aromatic rings. The molecule has 120 valence electrons. The second-order valence-corrected chi connectivity index (χ2v) is 5.64. The van der Waals surface area contributed by atoms with E-state index in [1.807, 2.05) is 0 Å². The Labute approximate surface area is 134 Å². The van der Waals surface area contributed by atoms with Crippen LogP contribution >= 0.6 is 11.3 Å². The number of anilines is 1. The molecule has 3 rings (SSSR count). The molecule has 2 N–H and O–H groups in total. The van der Waals surface area contributed by atoms with Crippen molar-refractivity contribution in [3.8, 4) is 5.75 Å². The highest BCUT2D eigenvalue weighted by molar-refractivity contribution is 7.20. The van der Waals surface area contributed by atoms with Crippen molar-refractivity contribution in [2.24, 2.45) is 0 Å². The highest BCUT2D eigenvalue weighted by Gasteiger charge is 2.09. The van der Waals surface area contributed by atoms with Crippen LogP contribution in [0, 0.1) is 5.82 Å². The number of rotatable bonds is 6. The van der Waals surface area contributed by atoms with Crippen molar-refractivity contribution in [1.82, 2.24) is 14.6 Å². The van der Waals surface area contributed by atoms with Crippen LogP contribution in [0.1, 0.15) is 0 Å². The molecule has 1 unspecified atom stereocenters. The first kappa shape index (κ1) is 15.4. The monoisotopic (exact) mass is 336 g/mol. The van der Waals surface area contributed by atoms with Crippen LogP contribution in [0.25, 0.3) is 4.96 Å². The number of hydrogen-bond donors (Lipinski definition) is 2. The van der Waals surface area contributed by atoms with Crippen LogP contribution in [-0.2, 0) is 0 Å². The highest BCUT2D eigenvalue weighted by atomic mass is 32.1. The van der Waals surface area contributed by atoms with Crippen LogP contribution in [0.3, 0.4) is 0 Å². The molecule has 0 saturated heterocycles. The summed E-state index contributed by atoms with van der Waals surface area (Å²) >= 11 is 1.21. The summed E-state index contributed by atoms with van der Waals surface area (Å²) in [5, 5.41) is 17.4. The van der Waals surface area contributed by atoms with E-state index in [1.54, 1.807) is 0 Å². The van der Waals surface area contributed by atoms with Crippen molar-refractivity contribution in [3.63, 3.8) is 0 Å². The maximum absolute atomic E-state index is 12.8. The molecule has 0 aliphatic carbocycles. The van der Waals surface area contributed by atoms with E-state index < -0.39 is 6.10 Å². The second kappa shape index (κ2) is 6.71. The van der Waals surface area contributed by atoms with E-state index in [0.29, 0.717) is 15.8 Å². The molecular weight excluding hydrogens is 323 g/mol. The third-order valence-electron chi connectivity index (χ3n) is 2.92. The number of nitrogens with zero attached hydrogens (tertiary/aromatic N) is 3. The SMILES string of the molecule is O=c1ccnc2sc(NCC(O)COc3ccc(F)cc3)nn12. The molecule has 9 heteroatoms. The summed E-state index contributed by atoms with van der Waals surface area (Å²) in [6.07, 6.45) is 0.627. The van der Waals surface area contributed by atoms with Crippen molar-refractivity contribution in [2.45, 2.75) is 6.10 Å². The predicted octanol–water partition coefficient (Wildman–Crippen LogP) is 1.14. The van der Waals surface area contributed by atoms with Gasteiger partial charge in [0.15, 0.2) is 0 Å². The van der Waals surface area contributed by atoms with Gasteiger partial charge in [0.05, 0.1) is 0 Å². The minimum Gasteiger partial charge on any atom is -0.491 e. The molecule has 0 aliphatic rings. The van der Waals surface area contributed by atoms with E-state index in [9.17, 15) is 14.3 Å². The second-order valence-electron chi connectivity index (χ2n) is 4.68. The molecule has 1 aromatic carbocycles. The topological polar surface area (TPSA) is 88.8 Å². The number of benzene rings is 1. The normalized spacial score (nSPS) is 12.3. The first-order valence-corrected chi connectivity index (χ1v) is 7.58. The Morgan fingerprint density at radius 3 is 2.87 bits per heavy atom. The number of hydrogen-bond acceptors (Lipinski definition) is 7. The molecule has 0 saturated carbocycles. The lowest BCUT2D eigenvalue weighted by atomic mass is 10.3. The Morgan fingerprint density at radius 1 is 1.35 bits per heavy atom. The van der Waals surface area contributed by atoms with Crippen molar-refractivity contribution >= 4 is 21.4 Å². The number of halogens is 1. The number of ether oxygens (including phenoxy) is 1. The van der Waals surface area contributed by atoms with Crippen molar-refractivity contribution in [1.29, 1.82) is 0 Å². The first-order chi connectivity index (χ1) is 11.1. The number of aromatic nitrogens is 3. The van der Waals surface area contributed by atoms with Gasteiger partial charge in [0, 0.05) is 18.8 Å². The Kier molecular flexibility index (Phi) is 4.49. The molecule has 0 bridgehead atoms. The maximum atomic E-state index is 12.8. The van der Waals surface area contributed by atoms with E-state index in [1.165, 1.54) is 52.4 Å². The molecule has 0 amide bonds. The lowest BCUT2D eigenvalue weighted by Gasteiger charge is -2.12. The molecule has 0 fully saturated rings. The number of fused-ring (bicyclic) bond motifs is 1. The molecule has 0 spiro atoms. The van der Waals surface area contributed by atoms with Crippen LogP contribution in [0.15, 0.2) is 41.3 Å². The van der Waals surface area contributed by atoms with Gasteiger partial charge in [-0.05, 0) is 24.3 Å². The summed E-state index contributed by atoms with van der Waals surface area (Å²) < 4.78 is 19.3. The first-order valence-electron chi connectivity index (χ1n) is 6.77. The zero-order chi connectivity index (χ0) is 16.2. The molecular formula is C14H13FN4O3S.